The van der Waals surface area contributed by atoms with Crippen molar-refractivity contribution in [2.24, 2.45) is 0 Å². The smallest absolute Gasteiger partial charge is 0.462 e. The minimum absolute atomic E-state index is 0.162. The lowest BCUT2D eigenvalue weighted by molar-refractivity contribution is -0.161. The number of hydrogen-bond acceptors (Lipinski definition) is 9. The molecule has 0 rings (SSSR count). The predicted octanol–water partition coefficient (Wildman–Crippen LogP) is 10.9. The van der Waals surface area contributed by atoms with Crippen LogP contribution in [0.3, 0.4) is 0 Å². The van der Waals surface area contributed by atoms with Crippen LogP contribution in [0.15, 0.2) is 72.9 Å². The van der Waals surface area contributed by atoms with Gasteiger partial charge in [-0.2, -0.15) is 0 Å². The van der Waals surface area contributed by atoms with Gasteiger partial charge in [-0.25, -0.2) is 4.57 Å². The molecule has 316 valence electrons. The summed E-state index contributed by atoms with van der Waals surface area (Å²) in [4.78, 5) is 34.9. The number of allylic oxidation sites excluding steroid dienone is 12. The molecule has 0 aromatic carbocycles. The molecular formula is C44H75O10P. The molecule has 0 aromatic rings. The second kappa shape index (κ2) is 39.6. The highest BCUT2D eigenvalue weighted by atomic mass is 31.2. The molecule has 0 aliphatic rings. The maximum Gasteiger partial charge on any atom is 0.472 e. The normalized spacial score (nSPS) is 14.6. The minimum Gasteiger partial charge on any atom is -0.462 e. The van der Waals surface area contributed by atoms with Crippen molar-refractivity contribution < 1.29 is 47.8 Å². The van der Waals surface area contributed by atoms with Crippen LogP contribution in [0.5, 0.6) is 0 Å². The van der Waals surface area contributed by atoms with Gasteiger partial charge in [0.2, 0.25) is 0 Å². The lowest BCUT2D eigenvalue weighted by Crippen LogP contribution is -2.29. The summed E-state index contributed by atoms with van der Waals surface area (Å²) in [6.45, 7) is 2.16. The van der Waals surface area contributed by atoms with Crippen molar-refractivity contribution in [2.45, 2.75) is 167 Å². The molecule has 0 saturated carbocycles. The Balaban J connectivity index is 4.41. The maximum atomic E-state index is 12.6. The molecule has 10 nitrogen and oxygen atoms in total. The fourth-order valence-corrected chi connectivity index (χ4v) is 5.92. The largest absolute Gasteiger partial charge is 0.472 e. The number of phosphoric ester groups is 1. The zero-order chi connectivity index (χ0) is 40.5. The third-order valence-electron chi connectivity index (χ3n) is 8.34. The van der Waals surface area contributed by atoms with Crippen LogP contribution in [0.1, 0.15) is 155 Å². The Morgan fingerprint density at radius 1 is 0.564 bits per heavy atom. The van der Waals surface area contributed by atoms with E-state index in [9.17, 15) is 24.2 Å². The zero-order valence-electron chi connectivity index (χ0n) is 34.1. The van der Waals surface area contributed by atoms with Gasteiger partial charge in [-0.05, 0) is 83.5 Å². The number of aliphatic hydroxyl groups excluding tert-OH is 2. The molecule has 3 atom stereocenters. The van der Waals surface area contributed by atoms with Gasteiger partial charge < -0.3 is 24.6 Å². The van der Waals surface area contributed by atoms with Gasteiger partial charge in [-0.15, -0.1) is 0 Å². The molecule has 0 fully saturated rings. The Kier molecular flexibility index (Phi) is 37.8. The first kappa shape index (κ1) is 52.4. The summed E-state index contributed by atoms with van der Waals surface area (Å²) in [6.07, 6.45) is 44.4. The van der Waals surface area contributed by atoms with Gasteiger partial charge in [-0.3, -0.25) is 18.6 Å². The second-order valence-corrected chi connectivity index (χ2v) is 15.1. The van der Waals surface area contributed by atoms with Gasteiger partial charge >= 0.3 is 19.8 Å². The lowest BCUT2D eigenvalue weighted by atomic mass is 10.1. The predicted molar refractivity (Wildman–Crippen MR) is 223 cm³/mol. The number of hydrogen-bond donors (Lipinski definition) is 3. The van der Waals surface area contributed by atoms with E-state index >= 15 is 0 Å². The molecule has 3 N–H and O–H groups in total. The summed E-state index contributed by atoms with van der Waals surface area (Å²) in [6, 6.07) is 0. The molecule has 0 heterocycles. The average molecular weight is 795 g/mol. The maximum absolute atomic E-state index is 12.6. The van der Waals surface area contributed by atoms with Gasteiger partial charge in [0.25, 0.3) is 0 Å². The van der Waals surface area contributed by atoms with Crippen molar-refractivity contribution in [3.05, 3.63) is 72.9 Å². The summed E-state index contributed by atoms with van der Waals surface area (Å²) in [5.41, 5.74) is 0. The SMILES string of the molecule is CC/C=C\C/C=C\C/C=C\C/C=C\CCCCC(=O)OC[C@H](COP(=O)(O)OC[C@@H](O)CO)OC(=O)CCCCCCCCC/C=C\C/C=C\CCCCC. The molecule has 0 bridgehead atoms. The number of rotatable bonds is 38. The molecule has 0 aliphatic heterocycles. The van der Waals surface area contributed by atoms with E-state index in [0.29, 0.717) is 12.8 Å². The van der Waals surface area contributed by atoms with Crippen molar-refractivity contribution in [3.8, 4) is 0 Å². The van der Waals surface area contributed by atoms with Crippen molar-refractivity contribution in [1.29, 1.82) is 0 Å². The molecule has 0 aromatic heterocycles. The molecule has 1 unspecified atom stereocenters. The quantitative estimate of drug-likeness (QED) is 0.0239. The van der Waals surface area contributed by atoms with Crippen LogP contribution in [0, 0.1) is 0 Å². The molecule has 0 radical (unpaired) electrons. The van der Waals surface area contributed by atoms with Crippen LogP contribution < -0.4 is 0 Å². The highest BCUT2D eigenvalue weighted by Gasteiger charge is 2.27. The van der Waals surface area contributed by atoms with E-state index in [1.807, 2.05) is 0 Å². The Morgan fingerprint density at radius 3 is 1.55 bits per heavy atom. The molecule has 55 heavy (non-hydrogen) atoms. The van der Waals surface area contributed by atoms with Gasteiger partial charge in [-0.1, -0.05) is 132 Å². The molecular weight excluding hydrogens is 719 g/mol. The first-order valence-electron chi connectivity index (χ1n) is 20.9. The highest BCUT2D eigenvalue weighted by molar-refractivity contribution is 7.47. The number of unbranched alkanes of at least 4 members (excludes halogenated alkanes) is 12. The van der Waals surface area contributed by atoms with Crippen LogP contribution in [0.4, 0.5) is 0 Å². The number of aliphatic hydroxyl groups is 2. The Bertz CT molecular complexity index is 1140. The summed E-state index contributed by atoms with van der Waals surface area (Å²) in [5, 5.41) is 18.3. The summed E-state index contributed by atoms with van der Waals surface area (Å²) in [7, 11) is -4.63. The van der Waals surface area contributed by atoms with Crippen LogP contribution in [0.25, 0.3) is 0 Å². The summed E-state index contributed by atoms with van der Waals surface area (Å²) >= 11 is 0. The third-order valence-corrected chi connectivity index (χ3v) is 9.30. The monoisotopic (exact) mass is 795 g/mol. The van der Waals surface area contributed by atoms with Crippen molar-refractivity contribution in [1.82, 2.24) is 0 Å². The Labute approximate surface area is 333 Å². The third kappa shape index (κ3) is 39.4. The second-order valence-electron chi connectivity index (χ2n) is 13.6. The van der Waals surface area contributed by atoms with Crippen LogP contribution in [-0.4, -0.2) is 65.7 Å². The lowest BCUT2D eigenvalue weighted by Gasteiger charge is -2.20. The fraction of sp³-hybridized carbons (Fsp3) is 0.682. The van der Waals surface area contributed by atoms with Crippen LogP contribution >= 0.6 is 7.82 Å². The van der Waals surface area contributed by atoms with Gasteiger partial charge in [0.05, 0.1) is 19.8 Å². The van der Waals surface area contributed by atoms with Crippen LogP contribution in [-0.2, 0) is 32.7 Å². The van der Waals surface area contributed by atoms with Crippen molar-refractivity contribution >= 4 is 19.8 Å². The van der Waals surface area contributed by atoms with Gasteiger partial charge in [0, 0.05) is 12.8 Å². The van der Waals surface area contributed by atoms with Crippen molar-refractivity contribution in [2.75, 3.05) is 26.4 Å². The van der Waals surface area contributed by atoms with Crippen molar-refractivity contribution in [3.63, 3.8) is 0 Å². The molecule has 0 spiro atoms. The molecule has 11 heteroatoms. The first-order chi connectivity index (χ1) is 26.7. The van der Waals surface area contributed by atoms with E-state index in [4.69, 9.17) is 19.1 Å². The van der Waals surface area contributed by atoms with Crippen LogP contribution in [0.2, 0.25) is 0 Å². The molecule has 0 aliphatic carbocycles. The Hall–Kier alpha value is -2.59. The first-order valence-corrected chi connectivity index (χ1v) is 22.4. The van der Waals surface area contributed by atoms with E-state index in [2.05, 4.69) is 91.3 Å². The number of phosphoric acid groups is 1. The fourth-order valence-electron chi connectivity index (χ4n) is 5.13. The number of carbonyl (C=O) groups is 2. The van der Waals surface area contributed by atoms with Gasteiger partial charge in [0.1, 0.15) is 12.7 Å². The summed E-state index contributed by atoms with van der Waals surface area (Å²) in [5.74, 6) is -0.989. The number of carbonyl (C=O) groups excluding carboxylic acids is 2. The van der Waals surface area contributed by atoms with Gasteiger partial charge in [0.15, 0.2) is 6.10 Å². The van der Waals surface area contributed by atoms with E-state index in [1.165, 1.54) is 38.5 Å². The number of esters is 2. The number of ether oxygens (including phenoxy) is 2. The Morgan fingerprint density at radius 2 is 1.00 bits per heavy atom. The topological polar surface area (TPSA) is 149 Å². The van der Waals surface area contributed by atoms with E-state index in [0.717, 1.165) is 77.0 Å². The molecule has 0 amide bonds. The standard InChI is InChI=1S/C44H75O10P/c1-3-5-7-9-11-13-15-17-19-20-22-24-26-28-30-32-34-36-44(48)54-42(40-53-55(49,50)52-38-41(46)37-45)39-51-43(47)35-33-31-29-27-25-23-21-18-16-14-12-10-8-6-4-2/h6,8,11-14,17-19,21,25,27,41-42,45-46H,3-5,7,9-10,15-16,20,22-24,26,28-40H2,1-2H3,(H,49,50)/b8-6-,13-11-,14-12-,19-17-,21-18-,27-25-/t41-,42+/m0/s1. The van der Waals surface area contributed by atoms with E-state index in [-0.39, 0.29) is 19.4 Å². The summed E-state index contributed by atoms with van der Waals surface area (Å²) < 4.78 is 32.6. The van der Waals surface area contributed by atoms with E-state index in [1.54, 1.807) is 0 Å². The zero-order valence-corrected chi connectivity index (χ0v) is 35.0. The highest BCUT2D eigenvalue weighted by Crippen LogP contribution is 2.43. The average Bonchev–Trinajstić information content (AvgIpc) is 3.17. The minimum atomic E-state index is -4.63. The molecule has 0 saturated heterocycles. The van der Waals surface area contributed by atoms with E-state index < -0.39 is 51.8 Å².